The van der Waals surface area contributed by atoms with E-state index in [1.807, 2.05) is 30.5 Å². The number of para-hydroxylation sites is 1. The average Bonchev–Trinajstić information content (AvgIpc) is 2.26. The van der Waals surface area contributed by atoms with Crippen LogP contribution < -0.4 is 5.90 Å². The number of aromatic nitrogens is 1. The maximum Gasteiger partial charge on any atom is 0.0719 e. The number of rotatable bonds is 3. The molecule has 72 valence electrons. The normalized spacial score (nSPS) is 10.6. The van der Waals surface area contributed by atoms with Gasteiger partial charge in [-0.1, -0.05) is 18.2 Å². The van der Waals surface area contributed by atoms with Crippen LogP contribution in [0.4, 0.5) is 0 Å². The molecule has 0 radical (unpaired) electrons. The number of pyridine rings is 1. The molecule has 0 bridgehead atoms. The summed E-state index contributed by atoms with van der Waals surface area (Å²) in [5.74, 6) is 5.00. The molecule has 1 aromatic carbocycles. The number of benzene rings is 1. The zero-order chi connectivity index (χ0) is 9.80. The van der Waals surface area contributed by atoms with Crippen LogP contribution in [0.3, 0.4) is 0 Å². The fraction of sp³-hybridized carbons (Fsp3) is 0.182. The molecule has 2 N–H and O–H groups in total. The molecule has 0 atom stereocenters. The van der Waals surface area contributed by atoms with Gasteiger partial charge in [-0.25, -0.2) is 5.90 Å². The quantitative estimate of drug-likeness (QED) is 0.745. The molecule has 0 spiro atoms. The third kappa shape index (κ3) is 1.73. The van der Waals surface area contributed by atoms with Crippen LogP contribution in [-0.4, -0.2) is 11.6 Å². The molecule has 2 aromatic rings. The van der Waals surface area contributed by atoms with Crippen molar-refractivity contribution in [2.75, 3.05) is 6.61 Å². The largest absolute Gasteiger partial charge is 0.304 e. The standard InChI is InChI=1S/C11H12N2O/c12-14-8-6-9-5-7-13-11-4-2-1-3-10(9)11/h1-5,7H,6,8,12H2. The van der Waals surface area contributed by atoms with Crippen molar-refractivity contribution in [2.45, 2.75) is 6.42 Å². The van der Waals surface area contributed by atoms with Crippen LogP contribution in [0.15, 0.2) is 36.5 Å². The molecule has 1 aromatic heterocycles. The van der Waals surface area contributed by atoms with E-state index in [1.54, 1.807) is 0 Å². The Morgan fingerprint density at radius 1 is 1.21 bits per heavy atom. The smallest absolute Gasteiger partial charge is 0.0719 e. The molecule has 0 aliphatic rings. The first kappa shape index (κ1) is 9.12. The van der Waals surface area contributed by atoms with Crippen LogP contribution in [0.1, 0.15) is 5.56 Å². The molecule has 0 amide bonds. The summed E-state index contributed by atoms with van der Waals surface area (Å²) in [6, 6.07) is 10.1. The van der Waals surface area contributed by atoms with Gasteiger partial charge in [-0.2, -0.15) is 0 Å². The Hall–Kier alpha value is -1.45. The lowest BCUT2D eigenvalue weighted by atomic mass is 10.1. The lowest BCUT2D eigenvalue weighted by Gasteiger charge is -2.04. The van der Waals surface area contributed by atoms with Crippen LogP contribution in [0.5, 0.6) is 0 Å². The molecule has 3 nitrogen and oxygen atoms in total. The van der Waals surface area contributed by atoms with Gasteiger partial charge < -0.3 is 4.84 Å². The molecule has 0 aliphatic carbocycles. The van der Waals surface area contributed by atoms with Crippen molar-refractivity contribution in [2.24, 2.45) is 5.90 Å². The molecule has 0 unspecified atom stereocenters. The Balaban J connectivity index is 2.43. The van der Waals surface area contributed by atoms with E-state index in [1.165, 1.54) is 10.9 Å². The lowest BCUT2D eigenvalue weighted by Crippen LogP contribution is -2.04. The van der Waals surface area contributed by atoms with Crippen LogP contribution >= 0.6 is 0 Å². The molecule has 14 heavy (non-hydrogen) atoms. The molecule has 0 fully saturated rings. The lowest BCUT2D eigenvalue weighted by molar-refractivity contribution is 0.141. The van der Waals surface area contributed by atoms with E-state index in [0.717, 1.165) is 11.9 Å². The van der Waals surface area contributed by atoms with E-state index in [0.29, 0.717) is 6.61 Å². The Bertz CT molecular complexity index is 423. The van der Waals surface area contributed by atoms with E-state index in [9.17, 15) is 0 Å². The summed E-state index contributed by atoms with van der Waals surface area (Å²) in [7, 11) is 0. The first-order chi connectivity index (χ1) is 6.92. The minimum absolute atomic E-state index is 0.536. The Labute approximate surface area is 82.5 Å². The molecular weight excluding hydrogens is 176 g/mol. The van der Waals surface area contributed by atoms with Gasteiger partial charge in [0, 0.05) is 11.6 Å². The molecule has 2 rings (SSSR count). The van der Waals surface area contributed by atoms with E-state index < -0.39 is 0 Å². The monoisotopic (exact) mass is 188 g/mol. The minimum atomic E-state index is 0.536. The van der Waals surface area contributed by atoms with Gasteiger partial charge in [0.25, 0.3) is 0 Å². The van der Waals surface area contributed by atoms with Gasteiger partial charge in [0.05, 0.1) is 12.1 Å². The fourth-order valence-electron chi connectivity index (χ4n) is 1.54. The van der Waals surface area contributed by atoms with Crippen molar-refractivity contribution in [1.82, 2.24) is 4.98 Å². The van der Waals surface area contributed by atoms with Gasteiger partial charge in [0.1, 0.15) is 0 Å². The van der Waals surface area contributed by atoms with Gasteiger partial charge in [0.2, 0.25) is 0 Å². The summed E-state index contributed by atoms with van der Waals surface area (Å²) >= 11 is 0. The predicted molar refractivity (Wildman–Crippen MR) is 55.6 cm³/mol. The Morgan fingerprint density at radius 2 is 2.07 bits per heavy atom. The highest BCUT2D eigenvalue weighted by Crippen LogP contribution is 2.16. The second-order valence-electron chi connectivity index (χ2n) is 3.11. The first-order valence-corrected chi connectivity index (χ1v) is 4.56. The summed E-state index contributed by atoms with van der Waals surface area (Å²) in [4.78, 5) is 8.85. The van der Waals surface area contributed by atoms with Gasteiger partial charge >= 0.3 is 0 Å². The zero-order valence-corrected chi connectivity index (χ0v) is 7.81. The van der Waals surface area contributed by atoms with Gasteiger partial charge in [-0.15, -0.1) is 0 Å². The number of nitrogens with zero attached hydrogens (tertiary/aromatic N) is 1. The Kier molecular flexibility index (Phi) is 2.72. The summed E-state index contributed by atoms with van der Waals surface area (Å²) in [6.45, 7) is 0.536. The molecule has 0 aliphatic heterocycles. The highest BCUT2D eigenvalue weighted by Gasteiger charge is 1.99. The third-order valence-electron chi connectivity index (χ3n) is 2.23. The highest BCUT2D eigenvalue weighted by molar-refractivity contribution is 5.81. The van der Waals surface area contributed by atoms with Crippen molar-refractivity contribution in [3.63, 3.8) is 0 Å². The molecule has 3 heteroatoms. The summed E-state index contributed by atoms with van der Waals surface area (Å²) in [5, 5.41) is 1.17. The summed E-state index contributed by atoms with van der Waals surface area (Å²) in [5.41, 5.74) is 2.24. The molecule has 0 saturated heterocycles. The topological polar surface area (TPSA) is 48.1 Å². The minimum Gasteiger partial charge on any atom is -0.304 e. The van der Waals surface area contributed by atoms with Crippen LogP contribution in [0.25, 0.3) is 10.9 Å². The van der Waals surface area contributed by atoms with E-state index in [4.69, 9.17) is 5.90 Å². The van der Waals surface area contributed by atoms with Gasteiger partial charge in [-0.3, -0.25) is 4.98 Å². The van der Waals surface area contributed by atoms with E-state index >= 15 is 0 Å². The van der Waals surface area contributed by atoms with Crippen LogP contribution in [-0.2, 0) is 11.3 Å². The SMILES string of the molecule is NOCCc1ccnc2ccccc12. The number of hydrogen-bond acceptors (Lipinski definition) is 3. The van der Waals surface area contributed by atoms with E-state index in [2.05, 4.69) is 15.9 Å². The first-order valence-electron chi connectivity index (χ1n) is 4.56. The second kappa shape index (κ2) is 4.17. The van der Waals surface area contributed by atoms with Crippen LogP contribution in [0, 0.1) is 0 Å². The predicted octanol–water partition coefficient (Wildman–Crippen LogP) is 1.67. The number of fused-ring (bicyclic) bond motifs is 1. The summed E-state index contributed by atoms with van der Waals surface area (Å²) in [6.07, 6.45) is 2.63. The zero-order valence-electron chi connectivity index (χ0n) is 7.81. The van der Waals surface area contributed by atoms with E-state index in [-0.39, 0.29) is 0 Å². The van der Waals surface area contributed by atoms with Crippen molar-refractivity contribution in [3.8, 4) is 0 Å². The van der Waals surface area contributed by atoms with Crippen molar-refractivity contribution < 1.29 is 4.84 Å². The van der Waals surface area contributed by atoms with Crippen molar-refractivity contribution >= 4 is 10.9 Å². The molecule has 0 saturated carbocycles. The Morgan fingerprint density at radius 3 is 2.93 bits per heavy atom. The maximum absolute atomic E-state index is 5.00. The van der Waals surface area contributed by atoms with Gasteiger partial charge in [0.15, 0.2) is 0 Å². The highest BCUT2D eigenvalue weighted by atomic mass is 16.6. The van der Waals surface area contributed by atoms with Crippen molar-refractivity contribution in [3.05, 3.63) is 42.1 Å². The summed E-state index contributed by atoms with van der Waals surface area (Å²) < 4.78 is 0. The molecular formula is C11H12N2O. The van der Waals surface area contributed by atoms with Crippen molar-refractivity contribution in [1.29, 1.82) is 0 Å². The molecule has 1 heterocycles. The fourth-order valence-corrected chi connectivity index (χ4v) is 1.54. The third-order valence-corrected chi connectivity index (χ3v) is 2.23. The van der Waals surface area contributed by atoms with Crippen LogP contribution in [0.2, 0.25) is 0 Å². The second-order valence-corrected chi connectivity index (χ2v) is 3.11. The van der Waals surface area contributed by atoms with Gasteiger partial charge in [-0.05, 0) is 24.1 Å². The number of hydrogen-bond donors (Lipinski definition) is 1. The average molecular weight is 188 g/mol. The number of nitrogens with two attached hydrogens (primary N) is 1. The maximum atomic E-state index is 5.00.